The molecule has 0 bridgehead atoms. The average Bonchev–Trinajstić information content (AvgIpc) is 2.61. The first-order chi connectivity index (χ1) is 11.5. The van der Waals surface area contributed by atoms with E-state index in [2.05, 4.69) is 10.6 Å². The lowest BCUT2D eigenvalue weighted by Crippen LogP contribution is -3.14. The largest absolute Gasteiger partial charge is 0.469 e. The maximum atomic E-state index is 12.2. The Balaban J connectivity index is 1.84. The highest BCUT2D eigenvalue weighted by atomic mass is 16.5. The highest BCUT2D eigenvalue weighted by Gasteiger charge is 2.29. The topological polar surface area (TPSA) is 88.9 Å². The van der Waals surface area contributed by atoms with Gasteiger partial charge in [-0.15, -0.1) is 0 Å². The minimum Gasteiger partial charge on any atom is -0.469 e. The van der Waals surface area contributed by atoms with Crippen molar-refractivity contribution in [1.29, 1.82) is 0 Å². The van der Waals surface area contributed by atoms with Crippen LogP contribution < -0.4 is 15.5 Å². The van der Waals surface area contributed by atoms with Crippen molar-refractivity contribution in [3.05, 3.63) is 29.8 Å². The van der Waals surface area contributed by atoms with Gasteiger partial charge in [0.15, 0.2) is 6.54 Å². The first-order valence-corrected chi connectivity index (χ1v) is 8.07. The normalized spacial score (nSPS) is 20.1. The van der Waals surface area contributed by atoms with Gasteiger partial charge in [-0.25, -0.2) is 0 Å². The molecule has 0 spiro atoms. The third kappa shape index (κ3) is 4.79. The summed E-state index contributed by atoms with van der Waals surface area (Å²) in [7, 11) is 2.97. The number of anilines is 1. The summed E-state index contributed by atoms with van der Waals surface area (Å²) in [5, 5.41) is 5.37. The molecule has 130 valence electrons. The van der Waals surface area contributed by atoms with Gasteiger partial charge in [0.25, 0.3) is 11.8 Å². The number of methoxy groups -OCH3 is 1. The standard InChI is InChI=1S/C17H23N3O4/c1-18-16(22)13-4-3-5-14(10-13)19-15(21)11-20-8-6-12(7-9-20)17(23)24-2/h3-5,10,12H,6-9,11H2,1-2H3,(H,18,22)(H,19,21)/p+1. The summed E-state index contributed by atoms with van der Waals surface area (Å²) in [5.74, 6) is -0.507. The zero-order valence-corrected chi connectivity index (χ0v) is 14.1. The van der Waals surface area contributed by atoms with Gasteiger partial charge < -0.3 is 20.3 Å². The molecular formula is C17H24N3O4+. The number of quaternary nitrogens is 1. The molecule has 1 heterocycles. The first-order valence-electron chi connectivity index (χ1n) is 8.07. The maximum Gasteiger partial charge on any atom is 0.309 e. The molecule has 0 unspecified atom stereocenters. The van der Waals surface area contributed by atoms with Crippen LogP contribution in [0.4, 0.5) is 5.69 Å². The molecule has 0 aromatic heterocycles. The third-order valence-corrected chi connectivity index (χ3v) is 4.27. The molecule has 7 heteroatoms. The second kappa shape index (κ2) is 8.44. The fourth-order valence-electron chi connectivity index (χ4n) is 2.92. The van der Waals surface area contributed by atoms with Crippen LogP contribution in [0.15, 0.2) is 24.3 Å². The van der Waals surface area contributed by atoms with Crippen LogP contribution in [-0.2, 0) is 14.3 Å². The SMILES string of the molecule is CNC(=O)c1cccc(NC(=O)C[NH+]2CCC(C(=O)OC)CC2)c1. The van der Waals surface area contributed by atoms with E-state index in [0.717, 1.165) is 30.8 Å². The lowest BCUT2D eigenvalue weighted by molar-refractivity contribution is -0.897. The minimum absolute atomic E-state index is 0.0500. The number of piperidine rings is 1. The van der Waals surface area contributed by atoms with Crippen molar-refractivity contribution in [2.24, 2.45) is 5.92 Å². The Labute approximate surface area is 141 Å². The number of carbonyl (C=O) groups is 3. The maximum absolute atomic E-state index is 12.2. The zero-order valence-electron chi connectivity index (χ0n) is 14.1. The Kier molecular flexibility index (Phi) is 6.31. The molecule has 0 saturated carbocycles. The monoisotopic (exact) mass is 334 g/mol. The van der Waals surface area contributed by atoms with E-state index in [1.807, 2.05) is 0 Å². The molecule has 2 amide bonds. The molecule has 0 aliphatic carbocycles. The Morgan fingerprint density at radius 3 is 2.58 bits per heavy atom. The van der Waals surface area contributed by atoms with Crippen LogP contribution >= 0.6 is 0 Å². The number of likely N-dealkylation sites (tertiary alicyclic amines) is 1. The highest BCUT2D eigenvalue weighted by molar-refractivity contribution is 5.97. The van der Waals surface area contributed by atoms with Gasteiger partial charge in [0.05, 0.1) is 26.1 Å². The number of hydrogen-bond acceptors (Lipinski definition) is 4. The number of carbonyl (C=O) groups excluding carboxylic acids is 3. The Morgan fingerprint density at radius 1 is 1.25 bits per heavy atom. The molecule has 2 rings (SSSR count). The fraction of sp³-hybridized carbons (Fsp3) is 0.471. The number of benzene rings is 1. The first kappa shape index (κ1) is 17.9. The molecule has 1 aromatic rings. The Morgan fingerprint density at radius 2 is 1.96 bits per heavy atom. The molecule has 1 saturated heterocycles. The van der Waals surface area contributed by atoms with E-state index in [1.54, 1.807) is 31.3 Å². The summed E-state index contributed by atoms with van der Waals surface area (Å²) in [5.41, 5.74) is 1.10. The van der Waals surface area contributed by atoms with Crippen molar-refractivity contribution in [3.8, 4) is 0 Å². The third-order valence-electron chi connectivity index (χ3n) is 4.27. The lowest BCUT2D eigenvalue weighted by atomic mass is 9.97. The van der Waals surface area contributed by atoms with Crippen LogP contribution in [0.1, 0.15) is 23.2 Å². The number of ether oxygens (including phenoxy) is 1. The summed E-state index contributed by atoms with van der Waals surface area (Å²) in [6.07, 6.45) is 1.48. The second-order valence-electron chi connectivity index (χ2n) is 5.93. The van der Waals surface area contributed by atoms with Gasteiger partial charge in [-0.1, -0.05) is 6.07 Å². The summed E-state index contributed by atoms with van der Waals surface area (Å²) >= 11 is 0. The van der Waals surface area contributed by atoms with E-state index in [0.29, 0.717) is 17.8 Å². The molecule has 7 nitrogen and oxygen atoms in total. The van der Waals surface area contributed by atoms with E-state index >= 15 is 0 Å². The Bertz CT molecular complexity index is 610. The molecule has 1 aliphatic heterocycles. The number of esters is 1. The number of rotatable bonds is 5. The van der Waals surface area contributed by atoms with Crippen LogP contribution in [0, 0.1) is 5.92 Å². The molecule has 0 atom stereocenters. The average molecular weight is 334 g/mol. The Hall–Kier alpha value is -2.41. The number of amides is 2. The molecule has 1 aromatic carbocycles. The van der Waals surface area contributed by atoms with Gasteiger partial charge in [0, 0.05) is 31.1 Å². The van der Waals surface area contributed by atoms with Gasteiger partial charge >= 0.3 is 5.97 Å². The molecule has 24 heavy (non-hydrogen) atoms. The summed E-state index contributed by atoms with van der Waals surface area (Å²) in [4.78, 5) is 36.4. The van der Waals surface area contributed by atoms with E-state index in [-0.39, 0.29) is 23.7 Å². The van der Waals surface area contributed by atoms with Crippen molar-refractivity contribution < 1.29 is 24.0 Å². The van der Waals surface area contributed by atoms with Crippen LogP contribution in [0.2, 0.25) is 0 Å². The van der Waals surface area contributed by atoms with Crippen LogP contribution in [0.5, 0.6) is 0 Å². The van der Waals surface area contributed by atoms with Gasteiger partial charge in [-0.2, -0.15) is 0 Å². The van der Waals surface area contributed by atoms with E-state index in [1.165, 1.54) is 7.11 Å². The van der Waals surface area contributed by atoms with E-state index < -0.39 is 0 Å². The van der Waals surface area contributed by atoms with Crippen molar-refractivity contribution in [2.75, 3.05) is 39.1 Å². The lowest BCUT2D eigenvalue weighted by Gasteiger charge is -2.27. The fourth-order valence-corrected chi connectivity index (χ4v) is 2.92. The second-order valence-corrected chi connectivity index (χ2v) is 5.93. The molecular weight excluding hydrogens is 310 g/mol. The van der Waals surface area contributed by atoms with Gasteiger partial charge in [-0.05, 0) is 18.2 Å². The smallest absolute Gasteiger partial charge is 0.309 e. The summed E-state index contributed by atoms with van der Waals surface area (Å²) < 4.78 is 4.76. The van der Waals surface area contributed by atoms with Gasteiger partial charge in [0.2, 0.25) is 0 Å². The summed E-state index contributed by atoms with van der Waals surface area (Å²) in [6.45, 7) is 1.88. The van der Waals surface area contributed by atoms with Crippen molar-refractivity contribution in [3.63, 3.8) is 0 Å². The van der Waals surface area contributed by atoms with E-state index in [9.17, 15) is 14.4 Å². The zero-order chi connectivity index (χ0) is 17.5. The van der Waals surface area contributed by atoms with Crippen LogP contribution in [0.25, 0.3) is 0 Å². The molecule has 0 radical (unpaired) electrons. The predicted molar refractivity (Wildman–Crippen MR) is 88.8 cm³/mol. The van der Waals surface area contributed by atoms with E-state index in [4.69, 9.17) is 4.74 Å². The number of nitrogens with one attached hydrogen (secondary N) is 3. The van der Waals surface area contributed by atoms with Gasteiger partial charge in [0.1, 0.15) is 0 Å². The van der Waals surface area contributed by atoms with Crippen molar-refractivity contribution in [1.82, 2.24) is 5.32 Å². The quantitative estimate of drug-likeness (QED) is 0.631. The summed E-state index contributed by atoms with van der Waals surface area (Å²) in [6, 6.07) is 6.82. The van der Waals surface area contributed by atoms with Crippen LogP contribution in [-0.4, -0.2) is 51.6 Å². The molecule has 1 aliphatic rings. The highest BCUT2D eigenvalue weighted by Crippen LogP contribution is 2.12. The van der Waals surface area contributed by atoms with Crippen molar-refractivity contribution >= 4 is 23.5 Å². The minimum atomic E-state index is -0.193. The molecule has 1 fully saturated rings. The van der Waals surface area contributed by atoms with Crippen molar-refractivity contribution in [2.45, 2.75) is 12.8 Å². The number of hydrogen-bond donors (Lipinski definition) is 3. The van der Waals surface area contributed by atoms with Gasteiger partial charge in [-0.3, -0.25) is 14.4 Å². The van der Waals surface area contributed by atoms with Crippen LogP contribution in [0.3, 0.4) is 0 Å². The predicted octanol–water partition coefficient (Wildman–Crippen LogP) is -0.547. The molecule has 3 N–H and O–H groups in total.